The Morgan fingerprint density at radius 2 is 1.80 bits per heavy atom. The largest absolute Gasteiger partial charge is 0.380 e. The third-order valence-electron chi connectivity index (χ3n) is 5.43. The Bertz CT molecular complexity index is 335. The van der Waals surface area contributed by atoms with E-state index in [1.807, 2.05) is 0 Å². The average Bonchev–Trinajstić information content (AvgIpc) is 2.60. The SMILES string of the molecule is COC(CN)CC(=O)N1CC2CC3CC(C2)CC1C3.Cl. The number of carbonyl (C=O) groups is 1. The van der Waals surface area contributed by atoms with Gasteiger partial charge in [-0.1, -0.05) is 0 Å². The van der Waals surface area contributed by atoms with Crippen LogP contribution < -0.4 is 5.73 Å². The van der Waals surface area contributed by atoms with Gasteiger partial charge >= 0.3 is 0 Å². The van der Waals surface area contributed by atoms with E-state index in [9.17, 15) is 4.79 Å². The normalized spacial score (nSPS) is 36.4. The number of carbonyl (C=O) groups excluding carboxylic acids is 1. The first-order valence-electron chi connectivity index (χ1n) is 7.72. The van der Waals surface area contributed by atoms with Gasteiger partial charge in [0, 0.05) is 26.2 Å². The molecule has 0 aromatic rings. The first kappa shape index (κ1) is 16.1. The molecule has 5 heteroatoms. The zero-order chi connectivity index (χ0) is 13.4. The third-order valence-corrected chi connectivity index (χ3v) is 5.43. The summed E-state index contributed by atoms with van der Waals surface area (Å²) in [6.07, 6.45) is 6.91. The number of nitrogens with two attached hydrogens (primary N) is 1. The molecule has 2 saturated heterocycles. The Morgan fingerprint density at radius 3 is 2.35 bits per heavy atom. The summed E-state index contributed by atoms with van der Waals surface area (Å²) in [5, 5.41) is 0. The molecule has 2 saturated carbocycles. The fourth-order valence-corrected chi connectivity index (χ4v) is 4.66. The maximum absolute atomic E-state index is 12.5. The highest BCUT2D eigenvalue weighted by Gasteiger charge is 2.44. The fraction of sp³-hybridized carbons (Fsp3) is 0.933. The number of halogens is 1. The molecule has 0 aromatic carbocycles. The van der Waals surface area contributed by atoms with E-state index in [1.165, 1.54) is 32.1 Å². The van der Waals surface area contributed by atoms with Crippen LogP contribution in [0.1, 0.15) is 38.5 Å². The minimum absolute atomic E-state index is 0. The average molecular weight is 303 g/mol. The smallest absolute Gasteiger partial charge is 0.225 e. The number of ether oxygens (including phenoxy) is 1. The van der Waals surface area contributed by atoms with Gasteiger partial charge in [-0.05, 0) is 49.9 Å². The Kier molecular flexibility index (Phi) is 5.32. The van der Waals surface area contributed by atoms with Crippen molar-refractivity contribution in [3.8, 4) is 0 Å². The van der Waals surface area contributed by atoms with Crippen molar-refractivity contribution in [3.63, 3.8) is 0 Å². The molecule has 2 N–H and O–H groups in total. The van der Waals surface area contributed by atoms with E-state index in [-0.39, 0.29) is 24.4 Å². The van der Waals surface area contributed by atoms with Crippen LogP contribution >= 0.6 is 12.4 Å². The van der Waals surface area contributed by atoms with Crippen molar-refractivity contribution in [1.82, 2.24) is 4.90 Å². The topological polar surface area (TPSA) is 55.6 Å². The summed E-state index contributed by atoms with van der Waals surface area (Å²) in [6.45, 7) is 1.41. The van der Waals surface area contributed by atoms with Crippen LogP contribution in [0, 0.1) is 17.8 Å². The Hall–Kier alpha value is -0.320. The number of amides is 1. The van der Waals surface area contributed by atoms with Gasteiger partial charge in [-0.25, -0.2) is 0 Å². The molecule has 2 aliphatic carbocycles. The van der Waals surface area contributed by atoms with Crippen LogP contribution in [-0.2, 0) is 9.53 Å². The number of fused-ring (bicyclic) bond motifs is 1. The summed E-state index contributed by atoms with van der Waals surface area (Å²) in [5.41, 5.74) is 5.63. The molecule has 3 atom stereocenters. The molecule has 4 rings (SSSR count). The summed E-state index contributed by atoms with van der Waals surface area (Å²) in [5.74, 6) is 2.77. The van der Waals surface area contributed by atoms with Crippen molar-refractivity contribution in [1.29, 1.82) is 0 Å². The molecular formula is C15H27ClN2O2. The van der Waals surface area contributed by atoms with Gasteiger partial charge in [-0.3, -0.25) is 4.79 Å². The lowest BCUT2D eigenvalue weighted by Gasteiger charge is -2.39. The number of nitrogens with zero attached hydrogens (tertiary/aromatic N) is 1. The van der Waals surface area contributed by atoms with Crippen LogP contribution in [-0.4, -0.2) is 43.2 Å². The van der Waals surface area contributed by atoms with Crippen LogP contribution in [0.4, 0.5) is 0 Å². The molecule has 2 aliphatic heterocycles. The van der Waals surface area contributed by atoms with Crippen molar-refractivity contribution < 1.29 is 9.53 Å². The van der Waals surface area contributed by atoms with Crippen LogP contribution in [0.3, 0.4) is 0 Å². The number of rotatable bonds is 4. The van der Waals surface area contributed by atoms with E-state index in [0.29, 0.717) is 19.0 Å². The Labute approximate surface area is 127 Å². The van der Waals surface area contributed by atoms with Gasteiger partial charge in [0.25, 0.3) is 0 Å². The van der Waals surface area contributed by atoms with Gasteiger partial charge in [-0.2, -0.15) is 0 Å². The molecule has 4 nitrogen and oxygen atoms in total. The molecule has 20 heavy (non-hydrogen) atoms. The Balaban J connectivity index is 0.00000147. The second-order valence-corrected chi connectivity index (χ2v) is 6.77. The third kappa shape index (κ3) is 3.12. The maximum atomic E-state index is 12.5. The van der Waals surface area contributed by atoms with E-state index in [4.69, 9.17) is 10.5 Å². The van der Waals surface area contributed by atoms with Gasteiger partial charge in [0.15, 0.2) is 0 Å². The highest BCUT2D eigenvalue weighted by Crippen LogP contribution is 2.47. The molecule has 2 heterocycles. The first-order chi connectivity index (χ1) is 9.19. The van der Waals surface area contributed by atoms with Crippen molar-refractivity contribution >= 4 is 18.3 Å². The molecule has 4 fully saturated rings. The van der Waals surface area contributed by atoms with Gasteiger partial charge in [0.05, 0.1) is 12.5 Å². The van der Waals surface area contributed by atoms with E-state index >= 15 is 0 Å². The highest BCUT2D eigenvalue weighted by atomic mass is 35.5. The molecular weight excluding hydrogens is 276 g/mol. The number of hydrogen-bond donors (Lipinski definition) is 1. The van der Waals surface area contributed by atoms with Crippen LogP contribution in [0.25, 0.3) is 0 Å². The van der Waals surface area contributed by atoms with E-state index < -0.39 is 0 Å². The second kappa shape index (κ2) is 6.63. The lowest BCUT2D eigenvalue weighted by molar-refractivity contribution is -0.136. The highest BCUT2D eigenvalue weighted by molar-refractivity contribution is 5.85. The molecule has 0 aromatic heterocycles. The van der Waals surface area contributed by atoms with Crippen LogP contribution in [0.2, 0.25) is 0 Å². The van der Waals surface area contributed by atoms with Crippen molar-refractivity contribution in [2.24, 2.45) is 23.5 Å². The van der Waals surface area contributed by atoms with Gasteiger partial charge in [0.2, 0.25) is 5.91 Å². The fourth-order valence-electron chi connectivity index (χ4n) is 4.66. The van der Waals surface area contributed by atoms with E-state index in [1.54, 1.807) is 7.11 Å². The lowest BCUT2D eigenvalue weighted by Crippen LogP contribution is -2.44. The first-order valence-corrected chi connectivity index (χ1v) is 7.72. The van der Waals surface area contributed by atoms with Crippen molar-refractivity contribution in [2.45, 2.75) is 50.7 Å². The molecule has 1 amide bonds. The molecule has 0 spiro atoms. The van der Waals surface area contributed by atoms with E-state index in [0.717, 1.165) is 24.3 Å². The maximum Gasteiger partial charge on any atom is 0.225 e. The zero-order valence-electron chi connectivity index (χ0n) is 12.3. The standard InChI is InChI=1S/C15H26N2O2.ClH/c1-19-14(8-16)7-15(18)17-9-12-3-10-2-11(4-12)6-13(17)5-10;/h10-14H,2-9,16H2,1H3;1H. The van der Waals surface area contributed by atoms with Gasteiger partial charge in [0.1, 0.15) is 0 Å². The van der Waals surface area contributed by atoms with Crippen LogP contribution in [0.5, 0.6) is 0 Å². The predicted octanol–water partition coefficient (Wildman–Crippen LogP) is 1.81. The summed E-state index contributed by atoms with van der Waals surface area (Å²) in [7, 11) is 1.64. The van der Waals surface area contributed by atoms with Crippen molar-refractivity contribution in [2.75, 3.05) is 20.2 Å². The van der Waals surface area contributed by atoms with E-state index in [2.05, 4.69) is 4.90 Å². The minimum Gasteiger partial charge on any atom is -0.380 e. The monoisotopic (exact) mass is 302 g/mol. The summed E-state index contributed by atoms with van der Waals surface area (Å²) in [4.78, 5) is 14.7. The quantitative estimate of drug-likeness (QED) is 0.862. The van der Waals surface area contributed by atoms with Crippen LogP contribution in [0.15, 0.2) is 0 Å². The summed E-state index contributed by atoms with van der Waals surface area (Å²) >= 11 is 0. The summed E-state index contributed by atoms with van der Waals surface area (Å²) in [6, 6.07) is 0.499. The predicted molar refractivity (Wildman–Crippen MR) is 80.8 cm³/mol. The molecule has 4 aliphatic rings. The number of hydrogen-bond acceptors (Lipinski definition) is 3. The number of methoxy groups -OCH3 is 1. The summed E-state index contributed by atoms with van der Waals surface area (Å²) < 4.78 is 5.26. The molecule has 3 unspecified atom stereocenters. The minimum atomic E-state index is -0.120. The second-order valence-electron chi connectivity index (χ2n) is 6.77. The zero-order valence-corrected chi connectivity index (χ0v) is 13.1. The van der Waals surface area contributed by atoms with Crippen molar-refractivity contribution in [3.05, 3.63) is 0 Å². The molecule has 4 bridgehead atoms. The molecule has 0 radical (unpaired) electrons. The lowest BCUT2D eigenvalue weighted by atomic mass is 9.68. The van der Waals surface area contributed by atoms with Gasteiger partial charge in [-0.15, -0.1) is 12.4 Å². The molecule has 116 valence electrons. The van der Waals surface area contributed by atoms with Gasteiger partial charge < -0.3 is 15.4 Å². The Morgan fingerprint density at radius 1 is 1.20 bits per heavy atom.